The Morgan fingerprint density at radius 3 is 2.24 bits per heavy atom. The SMILES string of the molecule is CC(=O)N1c2ccc(-c3ccccc3)cc2[C@H](NC(=O)CCCCCCC(=O)NO)C[C@@H]1C. The van der Waals surface area contributed by atoms with Crippen LogP contribution in [0.25, 0.3) is 11.1 Å². The molecule has 2 aromatic rings. The third-order valence-corrected chi connectivity index (χ3v) is 6.14. The van der Waals surface area contributed by atoms with E-state index in [-0.39, 0.29) is 36.2 Å². The lowest BCUT2D eigenvalue weighted by Gasteiger charge is -2.39. The van der Waals surface area contributed by atoms with Gasteiger partial charge in [0, 0.05) is 31.5 Å². The minimum absolute atomic E-state index is 0.00383. The molecule has 3 amide bonds. The van der Waals surface area contributed by atoms with Crippen LogP contribution in [0.1, 0.15) is 70.4 Å². The molecule has 7 nitrogen and oxygen atoms in total. The largest absolute Gasteiger partial charge is 0.349 e. The van der Waals surface area contributed by atoms with Crippen molar-refractivity contribution in [2.75, 3.05) is 4.90 Å². The molecule has 0 fully saturated rings. The molecule has 0 aromatic heterocycles. The van der Waals surface area contributed by atoms with E-state index in [0.29, 0.717) is 19.3 Å². The van der Waals surface area contributed by atoms with Crippen LogP contribution >= 0.6 is 0 Å². The first-order valence-electron chi connectivity index (χ1n) is 11.6. The number of hydrogen-bond acceptors (Lipinski definition) is 4. The van der Waals surface area contributed by atoms with Crippen LogP contribution in [0.5, 0.6) is 0 Å². The summed E-state index contributed by atoms with van der Waals surface area (Å²) in [7, 11) is 0. The van der Waals surface area contributed by atoms with Gasteiger partial charge in [0.05, 0.1) is 6.04 Å². The number of rotatable bonds is 9. The van der Waals surface area contributed by atoms with Crippen LogP contribution in [0, 0.1) is 0 Å². The fourth-order valence-corrected chi connectivity index (χ4v) is 4.54. The number of benzene rings is 2. The van der Waals surface area contributed by atoms with Gasteiger partial charge in [-0.3, -0.25) is 19.6 Å². The van der Waals surface area contributed by atoms with Crippen molar-refractivity contribution in [3.8, 4) is 11.1 Å². The third-order valence-electron chi connectivity index (χ3n) is 6.14. The second-order valence-corrected chi connectivity index (χ2v) is 8.68. The summed E-state index contributed by atoms with van der Waals surface area (Å²) in [5.41, 5.74) is 5.59. The summed E-state index contributed by atoms with van der Waals surface area (Å²) in [4.78, 5) is 37.9. The smallest absolute Gasteiger partial charge is 0.243 e. The van der Waals surface area contributed by atoms with E-state index in [1.54, 1.807) is 12.4 Å². The number of unbranched alkanes of at least 4 members (excludes halogenated alkanes) is 3. The predicted octanol–water partition coefficient (Wildman–Crippen LogP) is 4.50. The second kappa shape index (κ2) is 11.6. The van der Waals surface area contributed by atoms with E-state index in [1.807, 2.05) is 54.3 Å². The Morgan fingerprint density at radius 1 is 0.939 bits per heavy atom. The maximum Gasteiger partial charge on any atom is 0.243 e. The minimum atomic E-state index is -0.382. The van der Waals surface area contributed by atoms with E-state index in [1.165, 1.54) is 0 Å². The van der Waals surface area contributed by atoms with Crippen molar-refractivity contribution in [3.05, 3.63) is 54.1 Å². The molecule has 3 N–H and O–H groups in total. The van der Waals surface area contributed by atoms with Crippen LogP contribution in [0.3, 0.4) is 0 Å². The van der Waals surface area contributed by atoms with E-state index >= 15 is 0 Å². The van der Waals surface area contributed by atoms with E-state index in [2.05, 4.69) is 11.4 Å². The summed E-state index contributed by atoms with van der Waals surface area (Å²) in [6, 6.07) is 16.0. The van der Waals surface area contributed by atoms with Crippen LogP contribution in [-0.2, 0) is 14.4 Å². The van der Waals surface area contributed by atoms with Gasteiger partial charge < -0.3 is 10.2 Å². The van der Waals surface area contributed by atoms with Gasteiger partial charge in [-0.2, -0.15) is 0 Å². The summed E-state index contributed by atoms with van der Waals surface area (Å²) in [5, 5.41) is 11.7. The summed E-state index contributed by atoms with van der Waals surface area (Å²) >= 11 is 0. The lowest BCUT2D eigenvalue weighted by Crippen LogP contribution is -2.45. The number of carbonyl (C=O) groups is 3. The molecule has 0 spiro atoms. The lowest BCUT2D eigenvalue weighted by molar-refractivity contribution is -0.129. The van der Waals surface area contributed by atoms with Gasteiger partial charge in [-0.15, -0.1) is 0 Å². The van der Waals surface area contributed by atoms with Crippen LogP contribution in [-0.4, -0.2) is 29.0 Å². The highest BCUT2D eigenvalue weighted by molar-refractivity contribution is 5.94. The van der Waals surface area contributed by atoms with Crippen molar-refractivity contribution < 1.29 is 19.6 Å². The fraction of sp³-hybridized carbons (Fsp3) is 0.423. The van der Waals surface area contributed by atoms with Crippen molar-refractivity contribution in [2.24, 2.45) is 0 Å². The summed E-state index contributed by atoms with van der Waals surface area (Å²) in [6.07, 6.45) is 4.47. The molecular formula is C26H33N3O4. The number of amides is 3. The highest BCUT2D eigenvalue weighted by atomic mass is 16.5. The molecule has 1 heterocycles. The first kappa shape index (κ1) is 24.5. The number of hydrogen-bond donors (Lipinski definition) is 3. The van der Waals surface area contributed by atoms with Crippen molar-refractivity contribution in [2.45, 2.75) is 70.9 Å². The number of nitrogens with one attached hydrogen (secondary N) is 2. The Morgan fingerprint density at radius 2 is 1.61 bits per heavy atom. The van der Waals surface area contributed by atoms with Gasteiger partial charge in [-0.1, -0.05) is 49.2 Å². The fourth-order valence-electron chi connectivity index (χ4n) is 4.54. The topological polar surface area (TPSA) is 98.7 Å². The zero-order valence-electron chi connectivity index (χ0n) is 19.3. The second-order valence-electron chi connectivity index (χ2n) is 8.68. The molecule has 2 aromatic carbocycles. The summed E-state index contributed by atoms with van der Waals surface area (Å²) in [6.45, 7) is 3.59. The van der Waals surface area contributed by atoms with Gasteiger partial charge in [0.15, 0.2) is 0 Å². The van der Waals surface area contributed by atoms with E-state index in [9.17, 15) is 14.4 Å². The Hall–Kier alpha value is -3.19. The normalized spacial score (nSPS) is 17.2. The summed E-state index contributed by atoms with van der Waals surface area (Å²) in [5.74, 6) is -0.393. The third kappa shape index (κ3) is 6.42. The lowest BCUT2D eigenvalue weighted by atomic mass is 9.89. The molecule has 0 saturated carbocycles. The van der Waals surface area contributed by atoms with Crippen LogP contribution in [0.2, 0.25) is 0 Å². The maximum absolute atomic E-state index is 12.7. The van der Waals surface area contributed by atoms with Gasteiger partial charge in [0.1, 0.15) is 0 Å². The van der Waals surface area contributed by atoms with E-state index < -0.39 is 0 Å². The molecule has 0 aliphatic carbocycles. The molecular weight excluding hydrogens is 418 g/mol. The van der Waals surface area contributed by atoms with Gasteiger partial charge in [-0.05, 0) is 55.0 Å². The monoisotopic (exact) mass is 451 g/mol. The molecule has 0 saturated heterocycles. The number of anilines is 1. The summed E-state index contributed by atoms with van der Waals surface area (Å²) < 4.78 is 0. The molecule has 0 unspecified atom stereocenters. The molecule has 2 atom stereocenters. The van der Waals surface area contributed by atoms with Gasteiger partial charge in [0.2, 0.25) is 17.7 Å². The number of fused-ring (bicyclic) bond motifs is 1. The van der Waals surface area contributed by atoms with Gasteiger partial charge in [-0.25, -0.2) is 5.48 Å². The average Bonchev–Trinajstić information content (AvgIpc) is 2.81. The molecule has 7 heteroatoms. The zero-order chi connectivity index (χ0) is 23.8. The van der Waals surface area contributed by atoms with Crippen LogP contribution < -0.4 is 15.7 Å². The number of nitrogens with zero attached hydrogens (tertiary/aromatic N) is 1. The van der Waals surface area contributed by atoms with Crippen LogP contribution in [0.4, 0.5) is 5.69 Å². The Balaban J connectivity index is 1.68. The quantitative estimate of drug-likeness (QED) is 0.297. The first-order valence-corrected chi connectivity index (χ1v) is 11.6. The van der Waals surface area contributed by atoms with Crippen molar-refractivity contribution >= 4 is 23.4 Å². The first-order chi connectivity index (χ1) is 15.9. The van der Waals surface area contributed by atoms with Crippen molar-refractivity contribution in [1.82, 2.24) is 10.8 Å². The van der Waals surface area contributed by atoms with Gasteiger partial charge >= 0.3 is 0 Å². The van der Waals surface area contributed by atoms with E-state index in [0.717, 1.165) is 41.6 Å². The Bertz CT molecular complexity index is 977. The van der Waals surface area contributed by atoms with Gasteiger partial charge in [0.25, 0.3) is 0 Å². The van der Waals surface area contributed by atoms with Crippen molar-refractivity contribution in [3.63, 3.8) is 0 Å². The molecule has 0 radical (unpaired) electrons. The zero-order valence-corrected chi connectivity index (χ0v) is 19.3. The average molecular weight is 452 g/mol. The van der Waals surface area contributed by atoms with E-state index in [4.69, 9.17) is 5.21 Å². The number of carbonyl (C=O) groups excluding carboxylic acids is 3. The molecule has 0 bridgehead atoms. The standard InChI is InChI=1S/C26H33N3O4/c1-18-16-23(27-25(31)12-8-3-4-9-13-26(32)28-33)22-17-21(20-10-6-5-7-11-20)14-15-24(22)29(18)19(2)30/h5-7,10-11,14-15,17-18,23,33H,3-4,8-9,12-13,16H2,1-2H3,(H,27,31)(H,28,32)/t18-,23+/m0/s1. The highest BCUT2D eigenvalue weighted by Crippen LogP contribution is 2.39. The molecule has 33 heavy (non-hydrogen) atoms. The molecule has 1 aliphatic rings. The predicted molar refractivity (Wildman–Crippen MR) is 128 cm³/mol. The molecule has 1 aliphatic heterocycles. The Labute approximate surface area is 195 Å². The molecule has 176 valence electrons. The maximum atomic E-state index is 12.7. The van der Waals surface area contributed by atoms with Crippen molar-refractivity contribution in [1.29, 1.82) is 0 Å². The minimum Gasteiger partial charge on any atom is -0.349 e. The number of hydroxylamine groups is 1. The van der Waals surface area contributed by atoms with Crippen LogP contribution in [0.15, 0.2) is 48.5 Å². The highest BCUT2D eigenvalue weighted by Gasteiger charge is 2.33. The molecule has 3 rings (SSSR count). The Kier molecular flexibility index (Phi) is 8.60.